The molecule has 6 nitrogen and oxygen atoms in total. The summed E-state index contributed by atoms with van der Waals surface area (Å²) in [5.74, 6) is 2.22. The molecule has 1 aromatic heterocycles. The summed E-state index contributed by atoms with van der Waals surface area (Å²) in [5.41, 5.74) is 2.66. The van der Waals surface area contributed by atoms with Crippen molar-refractivity contribution in [1.29, 1.82) is 0 Å². The minimum Gasteiger partial charge on any atom is -0.481 e. The van der Waals surface area contributed by atoms with Crippen molar-refractivity contribution in [3.8, 4) is 17.1 Å². The molecule has 4 rings (SSSR count). The Kier molecular flexibility index (Phi) is 6.04. The van der Waals surface area contributed by atoms with Gasteiger partial charge in [-0.15, -0.1) is 10.2 Å². The maximum Gasteiger partial charge on any atom is 0.265 e. The number of rotatable bonds is 5. The van der Waals surface area contributed by atoms with Crippen LogP contribution in [0.3, 0.4) is 0 Å². The second-order valence-corrected chi connectivity index (χ2v) is 8.07. The fraction of sp³-hybridized carbons (Fsp3) is 0.348. The van der Waals surface area contributed by atoms with Crippen LogP contribution in [0.4, 0.5) is 5.69 Å². The number of anilines is 1. The van der Waals surface area contributed by atoms with Crippen LogP contribution in [0.25, 0.3) is 11.4 Å². The van der Waals surface area contributed by atoms with Crippen molar-refractivity contribution in [2.45, 2.75) is 52.2 Å². The molecule has 0 saturated carbocycles. The summed E-state index contributed by atoms with van der Waals surface area (Å²) >= 11 is 5.99. The maximum absolute atomic E-state index is 12.7. The van der Waals surface area contributed by atoms with E-state index in [2.05, 4.69) is 20.1 Å². The maximum atomic E-state index is 12.7. The van der Waals surface area contributed by atoms with Crippen LogP contribution in [0.5, 0.6) is 5.75 Å². The van der Waals surface area contributed by atoms with Gasteiger partial charge >= 0.3 is 0 Å². The van der Waals surface area contributed by atoms with E-state index >= 15 is 0 Å². The lowest BCUT2D eigenvalue weighted by molar-refractivity contribution is -0.122. The molecule has 0 aliphatic carbocycles. The molecule has 156 valence electrons. The summed E-state index contributed by atoms with van der Waals surface area (Å²) in [5, 5.41) is 12.4. The third kappa shape index (κ3) is 4.49. The first-order chi connectivity index (χ1) is 14.5. The Hall–Kier alpha value is -2.86. The number of amides is 1. The van der Waals surface area contributed by atoms with Crippen LogP contribution in [0, 0.1) is 6.92 Å². The molecule has 0 radical (unpaired) electrons. The largest absolute Gasteiger partial charge is 0.481 e. The molecule has 1 atom stereocenters. The van der Waals surface area contributed by atoms with E-state index in [4.69, 9.17) is 16.3 Å². The van der Waals surface area contributed by atoms with E-state index in [1.165, 1.54) is 6.42 Å². The second-order valence-electron chi connectivity index (χ2n) is 7.64. The van der Waals surface area contributed by atoms with Gasteiger partial charge in [0.25, 0.3) is 5.91 Å². The van der Waals surface area contributed by atoms with Gasteiger partial charge in [0.05, 0.1) is 0 Å². The molecule has 0 saturated heterocycles. The number of ether oxygens (including phenoxy) is 1. The number of halogens is 1. The molecule has 1 N–H and O–H groups in total. The Labute approximate surface area is 181 Å². The molecule has 1 aliphatic heterocycles. The Morgan fingerprint density at radius 1 is 1.17 bits per heavy atom. The third-order valence-electron chi connectivity index (χ3n) is 5.34. The lowest BCUT2D eigenvalue weighted by atomic mass is 10.1. The highest BCUT2D eigenvalue weighted by molar-refractivity contribution is 6.30. The molecule has 30 heavy (non-hydrogen) atoms. The summed E-state index contributed by atoms with van der Waals surface area (Å²) < 4.78 is 7.94. The fourth-order valence-electron chi connectivity index (χ4n) is 3.63. The van der Waals surface area contributed by atoms with Crippen LogP contribution in [0.1, 0.15) is 37.6 Å². The van der Waals surface area contributed by atoms with E-state index in [1.807, 2.05) is 25.1 Å². The number of fused-ring (bicyclic) bond motifs is 1. The van der Waals surface area contributed by atoms with Crippen molar-refractivity contribution in [2.24, 2.45) is 0 Å². The van der Waals surface area contributed by atoms with Crippen molar-refractivity contribution in [1.82, 2.24) is 14.8 Å². The van der Waals surface area contributed by atoms with Crippen LogP contribution in [-0.4, -0.2) is 26.8 Å². The number of nitrogens with zero attached hydrogens (tertiary/aromatic N) is 3. The van der Waals surface area contributed by atoms with E-state index in [0.717, 1.165) is 54.3 Å². The summed E-state index contributed by atoms with van der Waals surface area (Å²) in [6.07, 6.45) is 3.78. The average Bonchev–Trinajstić information content (AvgIpc) is 2.97. The van der Waals surface area contributed by atoms with Gasteiger partial charge in [-0.25, -0.2) is 0 Å². The molecule has 1 amide bonds. The number of carbonyl (C=O) groups excluding carboxylic acids is 1. The standard InChI is InChI=1S/C23H25ClN4O2/c1-15-10-11-17(22-27-26-21-9-4-3-5-12-28(21)22)13-20(15)25-23(29)16(2)30-19-8-6-7-18(24)14-19/h6-8,10-11,13-14,16H,3-5,9,12H2,1-2H3,(H,25,29). The van der Waals surface area contributed by atoms with Gasteiger partial charge in [0.1, 0.15) is 11.6 Å². The van der Waals surface area contributed by atoms with Gasteiger partial charge in [-0.2, -0.15) is 0 Å². The molecule has 0 spiro atoms. The molecule has 2 heterocycles. The zero-order valence-electron chi connectivity index (χ0n) is 17.2. The molecule has 2 aromatic carbocycles. The van der Waals surface area contributed by atoms with Crippen LogP contribution in [0.2, 0.25) is 5.02 Å². The monoisotopic (exact) mass is 424 g/mol. The highest BCUT2D eigenvalue weighted by atomic mass is 35.5. The molecule has 3 aromatic rings. The van der Waals surface area contributed by atoms with Gasteiger partial charge in [-0.05, 0) is 56.5 Å². The first kappa shape index (κ1) is 20.4. The number of hydrogen-bond donors (Lipinski definition) is 1. The van der Waals surface area contributed by atoms with Gasteiger partial charge in [0.2, 0.25) is 0 Å². The van der Waals surface area contributed by atoms with Gasteiger partial charge < -0.3 is 14.6 Å². The van der Waals surface area contributed by atoms with E-state index < -0.39 is 6.10 Å². The Bertz CT molecular complexity index is 1060. The molecule has 0 fully saturated rings. The summed E-state index contributed by atoms with van der Waals surface area (Å²) in [7, 11) is 0. The zero-order valence-corrected chi connectivity index (χ0v) is 17.9. The lowest BCUT2D eigenvalue weighted by Crippen LogP contribution is -2.30. The minimum atomic E-state index is -0.670. The third-order valence-corrected chi connectivity index (χ3v) is 5.58. The smallest absolute Gasteiger partial charge is 0.265 e. The number of aromatic nitrogens is 3. The van der Waals surface area contributed by atoms with Crippen molar-refractivity contribution in [3.05, 3.63) is 58.9 Å². The SMILES string of the molecule is Cc1ccc(-c2nnc3n2CCCCC3)cc1NC(=O)C(C)Oc1cccc(Cl)c1. The van der Waals surface area contributed by atoms with E-state index in [0.29, 0.717) is 10.8 Å². The summed E-state index contributed by atoms with van der Waals surface area (Å²) in [6.45, 7) is 4.61. The quantitative estimate of drug-likeness (QED) is 0.623. The average molecular weight is 425 g/mol. The first-order valence-corrected chi connectivity index (χ1v) is 10.7. The van der Waals surface area contributed by atoms with E-state index in [-0.39, 0.29) is 5.91 Å². The first-order valence-electron chi connectivity index (χ1n) is 10.3. The predicted octanol–water partition coefficient (Wildman–Crippen LogP) is 5.04. The predicted molar refractivity (Wildman–Crippen MR) is 118 cm³/mol. The molecule has 1 unspecified atom stereocenters. The molecular weight excluding hydrogens is 400 g/mol. The Balaban J connectivity index is 1.52. The van der Waals surface area contributed by atoms with E-state index in [1.54, 1.807) is 31.2 Å². The molecular formula is C23H25ClN4O2. The summed E-state index contributed by atoms with van der Waals surface area (Å²) in [6, 6.07) is 13.0. The topological polar surface area (TPSA) is 69.0 Å². The van der Waals surface area contributed by atoms with Gasteiger partial charge in [-0.3, -0.25) is 4.79 Å². The van der Waals surface area contributed by atoms with Crippen LogP contribution < -0.4 is 10.1 Å². The van der Waals surface area contributed by atoms with E-state index in [9.17, 15) is 4.79 Å². The number of hydrogen-bond acceptors (Lipinski definition) is 4. The number of aryl methyl sites for hydroxylation is 2. The Morgan fingerprint density at radius 3 is 2.87 bits per heavy atom. The summed E-state index contributed by atoms with van der Waals surface area (Å²) in [4.78, 5) is 12.7. The Morgan fingerprint density at radius 2 is 2.03 bits per heavy atom. The highest BCUT2D eigenvalue weighted by Crippen LogP contribution is 2.27. The zero-order chi connectivity index (χ0) is 21.1. The minimum absolute atomic E-state index is 0.227. The highest BCUT2D eigenvalue weighted by Gasteiger charge is 2.19. The van der Waals surface area contributed by atoms with Crippen LogP contribution >= 0.6 is 11.6 Å². The van der Waals surface area contributed by atoms with Gasteiger partial charge in [-0.1, -0.05) is 36.2 Å². The molecule has 7 heteroatoms. The number of benzene rings is 2. The fourth-order valence-corrected chi connectivity index (χ4v) is 3.81. The lowest BCUT2D eigenvalue weighted by Gasteiger charge is -2.16. The van der Waals surface area contributed by atoms with Crippen molar-refractivity contribution in [3.63, 3.8) is 0 Å². The normalized spacial score (nSPS) is 14.5. The van der Waals surface area contributed by atoms with Crippen molar-refractivity contribution in [2.75, 3.05) is 5.32 Å². The van der Waals surface area contributed by atoms with Crippen molar-refractivity contribution >= 4 is 23.2 Å². The van der Waals surface area contributed by atoms with Crippen LogP contribution in [-0.2, 0) is 17.8 Å². The molecule has 1 aliphatic rings. The number of carbonyl (C=O) groups is 1. The van der Waals surface area contributed by atoms with Gasteiger partial charge in [0, 0.05) is 29.2 Å². The molecule has 0 bridgehead atoms. The van der Waals surface area contributed by atoms with Crippen LogP contribution in [0.15, 0.2) is 42.5 Å². The second kappa shape index (κ2) is 8.88. The van der Waals surface area contributed by atoms with Crippen molar-refractivity contribution < 1.29 is 9.53 Å². The number of nitrogens with one attached hydrogen (secondary N) is 1. The van der Waals surface area contributed by atoms with Gasteiger partial charge in [0.15, 0.2) is 11.9 Å².